The largest absolute Gasteiger partial charge is 0.392 e. The smallest absolute Gasteiger partial charge is 0.217 e. The molecule has 0 radical (unpaired) electrons. The predicted molar refractivity (Wildman–Crippen MR) is 133 cm³/mol. The van der Waals surface area contributed by atoms with Crippen LogP contribution in [-0.2, 0) is 36.9 Å². The van der Waals surface area contributed by atoms with Crippen LogP contribution >= 0.6 is 0 Å². The zero-order valence-corrected chi connectivity index (χ0v) is 20.9. The number of hydrogen-bond donors (Lipinski definition) is 2. The van der Waals surface area contributed by atoms with Gasteiger partial charge in [-0.2, -0.15) is 0 Å². The summed E-state index contributed by atoms with van der Waals surface area (Å²) >= 11 is 0. The molecule has 3 atom stereocenters. The van der Waals surface area contributed by atoms with Crippen LogP contribution in [0, 0.1) is 0 Å². The predicted octanol–water partition coefficient (Wildman–Crippen LogP) is 3.20. The van der Waals surface area contributed by atoms with Crippen molar-refractivity contribution >= 4 is 5.91 Å². The van der Waals surface area contributed by atoms with E-state index in [0.717, 1.165) is 61.2 Å². The fourth-order valence-electron chi connectivity index (χ4n) is 5.20. The molecule has 3 fully saturated rings. The number of carbonyl (C=O) groups excluding carboxylic acids is 1. The summed E-state index contributed by atoms with van der Waals surface area (Å²) in [7, 11) is 0. The molecule has 3 unspecified atom stereocenters. The fraction of sp³-hybridized carbons (Fsp3) is 0.536. The van der Waals surface area contributed by atoms with E-state index in [0.29, 0.717) is 19.8 Å². The Labute approximate surface area is 212 Å². The first-order valence-corrected chi connectivity index (χ1v) is 12.9. The fourth-order valence-corrected chi connectivity index (χ4v) is 5.20. The SMILES string of the molecule is CC(=O)NCc1ccc(C2OC(CN3CCC4(CC3)OCCO4)CC(c3ccc(CO)cc3)O2)cc1. The Balaban J connectivity index is 1.28. The third kappa shape index (κ3) is 6.14. The highest BCUT2D eigenvalue weighted by atomic mass is 16.7. The molecule has 3 aliphatic rings. The van der Waals surface area contributed by atoms with Crippen LogP contribution in [0.5, 0.6) is 0 Å². The Morgan fingerprint density at radius 3 is 2.25 bits per heavy atom. The summed E-state index contributed by atoms with van der Waals surface area (Å²) in [6.07, 6.45) is 1.91. The normalized spacial score (nSPS) is 26.2. The van der Waals surface area contributed by atoms with Crippen molar-refractivity contribution in [3.8, 4) is 0 Å². The molecule has 2 aromatic rings. The summed E-state index contributed by atoms with van der Waals surface area (Å²) < 4.78 is 24.7. The first kappa shape index (κ1) is 25.3. The van der Waals surface area contributed by atoms with Gasteiger partial charge in [0.1, 0.15) is 0 Å². The lowest BCUT2D eigenvalue weighted by molar-refractivity contribution is -0.255. The quantitative estimate of drug-likeness (QED) is 0.609. The zero-order chi connectivity index (χ0) is 25.0. The molecule has 3 aliphatic heterocycles. The van der Waals surface area contributed by atoms with Gasteiger partial charge in [-0.3, -0.25) is 4.79 Å². The number of carbonyl (C=O) groups is 1. The van der Waals surface area contributed by atoms with Gasteiger partial charge < -0.3 is 34.3 Å². The second-order valence-electron chi connectivity index (χ2n) is 9.91. The van der Waals surface area contributed by atoms with Crippen molar-refractivity contribution in [1.29, 1.82) is 0 Å². The van der Waals surface area contributed by atoms with Gasteiger partial charge in [0.15, 0.2) is 12.1 Å². The molecule has 3 saturated heterocycles. The van der Waals surface area contributed by atoms with Crippen molar-refractivity contribution in [2.45, 2.75) is 63.6 Å². The number of piperidine rings is 1. The molecule has 1 amide bonds. The number of rotatable bonds is 7. The molecule has 0 bridgehead atoms. The summed E-state index contributed by atoms with van der Waals surface area (Å²) in [5, 5.41) is 12.3. The molecule has 0 aliphatic carbocycles. The van der Waals surface area contributed by atoms with Crippen molar-refractivity contribution in [2.75, 3.05) is 32.8 Å². The highest BCUT2D eigenvalue weighted by Gasteiger charge is 2.41. The Morgan fingerprint density at radius 2 is 1.61 bits per heavy atom. The highest BCUT2D eigenvalue weighted by Crippen LogP contribution is 2.39. The van der Waals surface area contributed by atoms with Crippen molar-refractivity contribution in [3.05, 3.63) is 70.8 Å². The van der Waals surface area contributed by atoms with Crippen LogP contribution < -0.4 is 5.32 Å². The van der Waals surface area contributed by atoms with Crippen LogP contribution in [0.2, 0.25) is 0 Å². The third-order valence-corrected chi connectivity index (χ3v) is 7.30. The maximum Gasteiger partial charge on any atom is 0.217 e. The minimum atomic E-state index is -0.487. The van der Waals surface area contributed by atoms with Gasteiger partial charge in [0.2, 0.25) is 5.91 Å². The molecule has 3 heterocycles. The van der Waals surface area contributed by atoms with Crippen LogP contribution in [0.4, 0.5) is 0 Å². The number of aliphatic hydroxyl groups excluding tert-OH is 1. The number of nitrogens with one attached hydrogen (secondary N) is 1. The molecule has 5 rings (SSSR count). The van der Waals surface area contributed by atoms with Gasteiger partial charge in [-0.15, -0.1) is 0 Å². The average Bonchev–Trinajstić information content (AvgIpc) is 3.37. The van der Waals surface area contributed by atoms with E-state index < -0.39 is 6.29 Å². The molecular weight excluding hydrogens is 460 g/mol. The van der Waals surface area contributed by atoms with E-state index in [-0.39, 0.29) is 30.5 Å². The van der Waals surface area contributed by atoms with Crippen molar-refractivity contribution in [3.63, 3.8) is 0 Å². The number of hydrogen-bond acceptors (Lipinski definition) is 7. The van der Waals surface area contributed by atoms with Crippen molar-refractivity contribution in [1.82, 2.24) is 10.2 Å². The number of ether oxygens (including phenoxy) is 4. The standard InChI is InChI=1S/C28H36N2O6/c1-20(32)29-17-21-2-8-24(9-3-21)27-35-25(16-26(36-27)23-6-4-22(19-31)5-7-23)18-30-12-10-28(11-13-30)33-14-15-34-28/h2-9,25-27,31H,10-19H2,1H3,(H,29,32). The second kappa shape index (κ2) is 11.4. The third-order valence-electron chi connectivity index (χ3n) is 7.30. The zero-order valence-electron chi connectivity index (χ0n) is 20.9. The van der Waals surface area contributed by atoms with E-state index in [1.54, 1.807) is 0 Å². The molecule has 36 heavy (non-hydrogen) atoms. The first-order chi connectivity index (χ1) is 17.5. The van der Waals surface area contributed by atoms with Crippen LogP contribution in [0.3, 0.4) is 0 Å². The molecule has 8 nitrogen and oxygen atoms in total. The average molecular weight is 497 g/mol. The van der Waals surface area contributed by atoms with E-state index in [1.807, 2.05) is 48.5 Å². The molecule has 2 aromatic carbocycles. The van der Waals surface area contributed by atoms with E-state index in [2.05, 4.69) is 10.2 Å². The lowest BCUT2D eigenvalue weighted by Gasteiger charge is -2.41. The van der Waals surface area contributed by atoms with Gasteiger partial charge in [-0.1, -0.05) is 48.5 Å². The lowest BCUT2D eigenvalue weighted by Crippen LogP contribution is -2.48. The van der Waals surface area contributed by atoms with E-state index in [1.165, 1.54) is 6.92 Å². The number of likely N-dealkylation sites (tertiary alicyclic amines) is 1. The highest BCUT2D eigenvalue weighted by molar-refractivity contribution is 5.72. The minimum absolute atomic E-state index is 0.00443. The summed E-state index contributed by atoms with van der Waals surface area (Å²) in [6, 6.07) is 16.0. The number of aliphatic hydroxyl groups is 1. The van der Waals surface area contributed by atoms with Crippen LogP contribution in [0.25, 0.3) is 0 Å². The second-order valence-corrected chi connectivity index (χ2v) is 9.91. The maximum absolute atomic E-state index is 11.2. The number of amides is 1. The Hall–Kier alpha value is -2.33. The monoisotopic (exact) mass is 496 g/mol. The van der Waals surface area contributed by atoms with Crippen molar-refractivity contribution < 1.29 is 28.8 Å². The molecule has 194 valence electrons. The molecule has 2 N–H and O–H groups in total. The lowest BCUT2D eigenvalue weighted by atomic mass is 9.98. The number of nitrogens with zero attached hydrogens (tertiary/aromatic N) is 1. The van der Waals surface area contributed by atoms with Crippen LogP contribution in [0.15, 0.2) is 48.5 Å². The van der Waals surface area contributed by atoms with Gasteiger partial charge in [-0.05, 0) is 16.7 Å². The summed E-state index contributed by atoms with van der Waals surface area (Å²) in [5.41, 5.74) is 3.94. The van der Waals surface area contributed by atoms with Gasteiger partial charge in [-0.25, -0.2) is 0 Å². The van der Waals surface area contributed by atoms with Gasteiger partial charge in [0.25, 0.3) is 0 Å². The van der Waals surface area contributed by atoms with Crippen molar-refractivity contribution in [2.24, 2.45) is 0 Å². The molecule has 8 heteroatoms. The van der Waals surface area contributed by atoms with E-state index in [4.69, 9.17) is 18.9 Å². The van der Waals surface area contributed by atoms with E-state index in [9.17, 15) is 9.90 Å². The number of benzene rings is 2. The summed E-state index contributed by atoms with van der Waals surface area (Å²) in [5.74, 6) is -0.434. The maximum atomic E-state index is 11.2. The van der Waals surface area contributed by atoms with Gasteiger partial charge in [0.05, 0.1) is 32.0 Å². The molecular formula is C28H36N2O6. The Kier molecular flexibility index (Phi) is 8.00. The summed E-state index contributed by atoms with van der Waals surface area (Å²) in [6.45, 7) is 6.06. The van der Waals surface area contributed by atoms with Gasteiger partial charge >= 0.3 is 0 Å². The summed E-state index contributed by atoms with van der Waals surface area (Å²) in [4.78, 5) is 13.7. The van der Waals surface area contributed by atoms with Crippen LogP contribution in [0.1, 0.15) is 60.8 Å². The van der Waals surface area contributed by atoms with Gasteiger partial charge in [0, 0.05) is 57.9 Å². The molecule has 1 spiro atoms. The molecule has 0 aromatic heterocycles. The van der Waals surface area contributed by atoms with Crippen LogP contribution in [-0.4, -0.2) is 60.7 Å². The van der Waals surface area contributed by atoms with E-state index >= 15 is 0 Å². The molecule has 0 saturated carbocycles. The minimum Gasteiger partial charge on any atom is -0.392 e. The topological polar surface area (TPSA) is 89.5 Å². The Morgan fingerprint density at radius 1 is 0.972 bits per heavy atom. The Bertz CT molecular complexity index is 996. The first-order valence-electron chi connectivity index (χ1n) is 12.9.